The Bertz CT molecular complexity index is 444. The van der Waals surface area contributed by atoms with Gasteiger partial charge in [-0.3, -0.25) is 10.1 Å². The number of nitro groups is 1. The van der Waals surface area contributed by atoms with Gasteiger partial charge in [-0.2, -0.15) is 5.26 Å². The summed E-state index contributed by atoms with van der Waals surface area (Å²) < 4.78 is 0. The lowest BCUT2D eigenvalue weighted by molar-refractivity contribution is -0.385. The van der Waals surface area contributed by atoms with Crippen molar-refractivity contribution in [3.05, 3.63) is 27.4 Å². The van der Waals surface area contributed by atoms with Crippen LogP contribution in [-0.4, -0.2) is 16.5 Å². The molecule has 0 unspecified atom stereocenters. The summed E-state index contributed by atoms with van der Waals surface area (Å²) in [7, 11) is 0. The van der Waals surface area contributed by atoms with E-state index in [1.807, 2.05) is 6.07 Å². The molecule has 1 heterocycles. The van der Waals surface area contributed by atoms with Gasteiger partial charge in [-0.05, 0) is 6.92 Å². The molecule has 0 amide bonds. The lowest BCUT2D eigenvalue weighted by Gasteiger charge is -2.07. The molecule has 1 N–H and O–H groups in total. The molecule has 0 aliphatic rings. The number of halogens is 1. The third-order valence-electron chi connectivity index (χ3n) is 1.83. The molecule has 1 rings (SSSR count). The van der Waals surface area contributed by atoms with Crippen LogP contribution in [0.3, 0.4) is 0 Å². The average molecular weight is 241 g/mol. The van der Waals surface area contributed by atoms with Crippen LogP contribution in [0.4, 0.5) is 11.5 Å². The lowest BCUT2D eigenvalue weighted by atomic mass is 10.2. The molecule has 0 radical (unpaired) electrons. The Labute approximate surface area is 97.0 Å². The van der Waals surface area contributed by atoms with Crippen LogP contribution in [0.25, 0.3) is 0 Å². The summed E-state index contributed by atoms with van der Waals surface area (Å²) in [5.74, 6) is 0.155. The van der Waals surface area contributed by atoms with Crippen LogP contribution in [0.1, 0.15) is 6.92 Å². The minimum absolute atomic E-state index is 0.163. The van der Waals surface area contributed by atoms with Crippen molar-refractivity contribution in [3.63, 3.8) is 0 Å². The van der Waals surface area contributed by atoms with Gasteiger partial charge in [0.1, 0.15) is 12.0 Å². The van der Waals surface area contributed by atoms with Crippen LogP contribution < -0.4 is 5.32 Å². The molecular formula is C9H9ClN4O2. The smallest absolute Gasteiger partial charge is 0.289 e. The summed E-state index contributed by atoms with van der Waals surface area (Å²) in [5.41, 5.74) is -0.163. The molecule has 7 heteroatoms. The van der Waals surface area contributed by atoms with Crippen molar-refractivity contribution in [3.8, 4) is 6.07 Å². The summed E-state index contributed by atoms with van der Waals surface area (Å²) in [6, 6.07) is 3.26. The highest BCUT2D eigenvalue weighted by molar-refractivity contribution is 6.33. The van der Waals surface area contributed by atoms with Gasteiger partial charge in [0.15, 0.2) is 0 Å². The van der Waals surface area contributed by atoms with Crippen molar-refractivity contribution in [2.45, 2.75) is 6.92 Å². The molecular weight excluding hydrogens is 232 g/mol. The number of nitriles is 1. The SMILES string of the molecule is C[C@@H](C#N)CNc1ncc([N+](=O)[O-])cc1Cl. The lowest BCUT2D eigenvalue weighted by Crippen LogP contribution is -2.10. The van der Waals surface area contributed by atoms with Crippen LogP contribution in [0.2, 0.25) is 5.02 Å². The Balaban J connectivity index is 2.76. The van der Waals surface area contributed by atoms with Gasteiger partial charge in [-0.15, -0.1) is 0 Å². The molecule has 16 heavy (non-hydrogen) atoms. The highest BCUT2D eigenvalue weighted by Crippen LogP contribution is 2.23. The average Bonchev–Trinajstić information content (AvgIpc) is 2.26. The first-order valence-electron chi connectivity index (χ1n) is 4.48. The summed E-state index contributed by atoms with van der Waals surface area (Å²) >= 11 is 5.79. The topological polar surface area (TPSA) is 91.8 Å². The number of nitrogens with zero attached hydrogens (tertiary/aromatic N) is 3. The molecule has 6 nitrogen and oxygen atoms in total. The molecule has 0 fully saturated rings. The number of aromatic nitrogens is 1. The zero-order valence-electron chi connectivity index (χ0n) is 8.48. The first kappa shape index (κ1) is 12.2. The van der Waals surface area contributed by atoms with Crippen molar-refractivity contribution in [1.29, 1.82) is 5.26 Å². The van der Waals surface area contributed by atoms with Gasteiger partial charge < -0.3 is 5.32 Å². The van der Waals surface area contributed by atoms with Gasteiger partial charge in [-0.25, -0.2) is 4.98 Å². The van der Waals surface area contributed by atoms with E-state index in [-0.39, 0.29) is 16.6 Å². The third kappa shape index (κ3) is 3.07. The number of anilines is 1. The molecule has 0 aliphatic carbocycles. The van der Waals surface area contributed by atoms with E-state index in [1.165, 1.54) is 6.07 Å². The Morgan fingerprint density at radius 3 is 3.00 bits per heavy atom. The Morgan fingerprint density at radius 1 is 1.81 bits per heavy atom. The predicted molar refractivity (Wildman–Crippen MR) is 59.2 cm³/mol. The van der Waals surface area contributed by atoms with Crippen LogP contribution in [-0.2, 0) is 0 Å². The molecule has 0 saturated heterocycles. The Hall–Kier alpha value is -1.87. The zero-order chi connectivity index (χ0) is 12.1. The van der Waals surface area contributed by atoms with E-state index in [0.717, 1.165) is 6.20 Å². The molecule has 1 atom stereocenters. The highest BCUT2D eigenvalue weighted by Gasteiger charge is 2.11. The maximum atomic E-state index is 10.4. The van der Waals surface area contributed by atoms with Crippen molar-refractivity contribution < 1.29 is 4.92 Å². The van der Waals surface area contributed by atoms with Crippen LogP contribution in [0.5, 0.6) is 0 Å². The number of rotatable bonds is 4. The van der Waals surface area contributed by atoms with Crippen molar-refractivity contribution in [2.75, 3.05) is 11.9 Å². The van der Waals surface area contributed by atoms with Gasteiger partial charge in [-0.1, -0.05) is 11.6 Å². The van der Waals surface area contributed by atoms with E-state index in [4.69, 9.17) is 16.9 Å². The second kappa shape index (κ2) is 5.28. The first-order valence-corrected chi connectivity index (χ1v) is 4.85. The van der Waals surface area contributed by atoms with Crippen molar-refractivity contribution >= 4 is 23.1 Å². The monoisotopic (exact) mass is 240 g/mol. The van der Waals surface area contributed by atoms with Crippen LogP contribution in [0, 0.1) is 27.4 Å². The molecule has 0 spiro atoms. The van der Waals surface area contributed by atoms with Gasteiger partial charge >= 0.3 is 0 Å². The fraction of sp³-hybridized carbons (Fsp3) is 0.333. The summed E-state index contributed by atoms with van der Waals surface area (Å²) in [6.45, 7) is 2.13. The highest BCUT2D eigenvalue weighted by atomic mass is 35.5. The fourth-order valence-corrected chi connectivity index (χ4v) is 1.18. The summed E-state index contributed by atoms with van der Waals surface area (Å²) in [5, 5.41) is 22.0. The molecule has 1 aromatic rings. The number of pyridine rings is 1. The molecule has 84 valence electrons. The number of hydrogen-bond acceptors (Lipinski definition) is 5. The molecule has 0 saturated carbocycles. The zero-order valence-corrected chi connectivity index (χ0v) is 9.23. The molecule has 0 bridgehead atoms. The largest absolute Gasteiger partial charge is 0.368 e. The minimum atomic E-state index is -0.569. The van der Waals surface area contributed by atoms with E-state index in [9.17, 15) is 10.1 Å². The fourth-order valence-electron chi connectivity index (χ4n) is 0.953. The Morgan fingerprint density at radius 2 is 2.50 bits per heavy atom. The van der Waals surface area contributed by atoms with E-state index in [1.54, 1.807) is 6.92 Å². The van der Waals surface area contributed by atoms with E-state index < -0.39 is 4.92 Å². The van der Waals surface area contributed by atoms with Gasteiger partial charge in [0.05, 0.1) is 21.9 Å². The third-order valence-corrected chi connectivity index (χ3v) is 2.12. The first-order chi connectivity index (χ1) is 7.54. The maximum Gasteiger partial charge on any atom is 0.289 e. The van der Waals surface area contributed by atoms with Crippen LogP contribution >= 0.6 is 11.6 Å². The molecule has 1 aromatic heterocycles. The van der Waals surface area contributed by atoms with Gasteiger partial charge in [0, 0.05) is 12.6 Å². The normalized spacial score (nSPS) is 11.6. The maximum absolute atomic E-state index is 10.4. The van der Waals surface area contributed by atoms with Gasteiger partial charge in [0.2, 0.25) is 0 Å². The molecule has 0 aromatic carbocycles. The Kier molecular flexibility index (Phi) is 4.03. The summed E-state index contributed by atoms with van der Waals surface area (Å²) in [6.07, 6.45) is 1.12. The van der Waals surface area contributed by atoms with E-state index in [2.05, 4.69) is 10.3 Å². The van der Waals surface area contributed by atoms with Crippen LogP contribution in [0.15, 0.2) is 12.3 Å². The van der Waals surface area contributed by atoms with Crippen molar-refractivity contribution in [2.24, 2.45) is 5.92 Å². The number of hydrogen-bond donors (Lipinski definition) is 1. The van der Waals surface area contributed by atoms with E-state index >= 15 is 0 Å². The predicted octanol–water partition coefficient (Wildman–Crippen LogP) is 2.21. The quantitative estimate of drug-likeness (QED) is 0.643. The van der Waals surface area contributed by atoms with Gasteiger partial charge in [0.25, 0.3) is 5.69 Å². The molecule has 0 aliphatic heterocycles. The van der Waals surface area contributed by atoms with E-state index in [0.29, 0.717) is 12.4 Å². The second-order valence-corrected chi connectivity index (χ2v) is 3.60. The number of nitrogens with one attached hydrogen (secondary N) is 1. The minimum Gasteiger partial charge on any atom is -0.368 e. The van der Waals surface area contributed by atoms with Crippen molar-refractivity contribution in [1.82, 2.24) is 4.98 Å². The standard InChI is InChI=1S/C9H9ClN4O2/c1-6(3-11)4-12-9-8(10)2-7(5-13-9)14(15)16/h2,5-6H,4H2,1H3,(H,12,13)/t6-/m0/s1. The second-order valence-electron chi connectivity index (χ2n) is 3.19. The summed E-state index contributed by atoms with van der Waals surface area (Å²) in [4.78, 5) is 13.7.